The third kappa shape index (κ3) is 4.03. The summed E-state index contributed by atoms with van der Waals surface area (Å²) in [7, 11) is 1.64. The highest BCUT2D eigenvalue weighted by atomic mass is 35.5. The molecule has 0 aromatic heterocycles. The van der Waals surface area contributed by atoms with Crippen LogP contribution in [0.15, 0.2) is 48.5 Å². The van der Waals surface area contributed by atoms with Crippen LogP contribution in [-0.2, 0) is 17.8 Å². The Hall–Kier alpha value is -2.04. The number of ether oxygens (including phenoxy) is 1. The minimum Gasteiger partial charge on any atom is -0.497 e. The van der Waals surface area contributed by atoms with Gasteiger partial charge >= 0.3 is 0 Å². The molecule has 0 saturated carbocycles. The molecule has 0 saturated heterocycles. The molecule has 1 amide bonds. The average Bonchev–Trinajstić information content (AvgIpc) is 2.77. The summed E-state index contributed by atoms with van der Waals surface area (Å²) in [6.45, 7) is 2.30. The number of nitrogens with one attached hydrogen (secondary N) is 1. The number of methoxy groups -OCH3 is 1. The lowest BCUT2D eigenvalue weighted by Gasteiger charge is -2.22. The number of amides is 1. The van der Waals surface area contributed by atoms with Crippen molar-refractivity contribution >= 4 is 24.0 Å². The minimum atomic E-state index is 0. The van der Waals surface area contributed by atoms with E-state index in [2.05, 4.69) is 11.4 Å². The van der Waals surface area contributed by atoms with Gasteiger partial charge in [0.2, 0.25) is 5.91 Å². The van der Waals surface area contributed by atoms with E-state index in [9.17, 15) is 4.79 Å². The summed E-state index contributed by atoms with van der Waals surface area (Å²) >= 11 is 0. The van der Waals surface area contributed by atoms with Gasteiger partial charge in [-0.15, -0.1) is 12.4 Å². The summed E-state index contributed by atoms with van der Waals surface area (Å²) < 4.78 is 5.22. The normalized spacial score (nSPS) is 13.5. The van der Waals surface area contributed by atoms with Gasteiger partial charge in [-0.05, 0) is 29.3 Å². The van der Waals surface area contributed by atoms with Crippen LogP contribution >= 0.6 is 12.4 Å². The van der Waals surface area contributed by atoms with Gasteiger partial charge < -0.3 is 15.0 Å². The second kappa shape index (κ2) is 7.99. The van der Waals surface area contributed by atoms with Crippen molar-refractivity contribution in [2.45, 2.75) is 13.0 Å². The van der Waals surface area contributed by atoms with Crippen LogP contribution in [0.1, 0.15) is 11.1 Å². The molecule has 0 bridgehead atoms. The van der Waals surface area contributed by atoms with Crippen molar-refractivity contribution in [1.29, 1.82) is 0 Å². The van der Waals surface area contributed by atoms with Gasteiger partial charge in [0.05, 0.1) is 13.5 Å². The number of hydrogen-bond donors (Lipinski definition) is 1. The summed E-state index contributed by atoms with van der Waals surface area (Å²) in [6.07, 6.45) is 0.380. The number of nitrogens with zero attached hydrogens (tertiary/aromatic N) is 1. The van der Waals surface area contributed by atoms with E-state index >= 15 is 0 Å². The number of benzene rings is 2. The molecule has 0 atom stereocenters. The lowest BCUT2D eigenvalue weighted by Crippen LogP contribution is -2.35. The summed E-state index contributed by atoms with van der Waals surface area (Å²) in [5, 5.41) is 3.36. The molecular weight excluding hydrogens is 312 g/mol. The second-order valence-corrected chi connectivity index (χ2v) is 5.38. The Morgan fingerprint density at radius 2 is 2.04 bits per heavy atom. The first-order valence-corrected chi connectivity index (χ1v) is 7.50. The fourth-order valence-electron chi connectivity index (χ4n) is 2.77. The summed E-state index contributed by atoms with van der Waals surface area (Å²) in [6, 6.07) is 15.8. The van der Waals surface area contributed by atoms with Crippen LogP contribution in [-0.4, -0.2) is 26.1 Å². The standard InChI is InChI=1S/C18H20N2O2.ClH/c1-22-16-7-4-5-14(11-16)12-18(21)20-10-9-19-13-15-6-2-3-8-17(15)20;/h2-8,11,19H,9-10,12-13H2,1H3;1H. The SMILES string of the molecule is COc1cccc(CC(=O)N2CCNCc3ccccc32)c1.Cl. The number of carbonyl (C=O) groups is 1. The zero-order valence-electron chi connectivity index (χ0n) is 13.1. The predicted molar refractivity (Wildman–Crippen MR) is 94.4 cm³/mol. The van der Waals surface area contributed by atoms with E-state index in [4.69, 9.17) is 4.74 Å². The third-order valence-corrected chi connectivity index (χ3v) is 3.90. The Balaban J connectivity index is 0.00000192. The Bertz CT molecular complexity index is 676. The Morgan fingerprint density at radius 3 is 2.87 bits per heavy atom. The van der Waals surface area contributed by atoms with Crippen molar-refractivity contribution in [3.05, 3.63) is 59.7 Å². The van der Waals surface area contributed by atoms with Gasteiger partial charge in [-0.1, -0.05) is 30.3 Å². The fraction of sp³-hybridized carbons (Fsp3) is 0.278. The molecule has 0 unspecified atom stereocenters. The molecule has 4 nitrogen and oxygen atoms in total. The molecule has 23 heavy (non-hydrogen) atoms. The number of carbonyl (C=O) groups excluding carboxylic acids is 1. The van der Waals surface area contributed by atoms with E-state index in [1.807, 2.05) is 47.4 Å². The Labute approximate surface area is 142 Å². The van der Waals surface area contributed by atoms with Crippen molar-refractivity contribution in [3.8, 4) is 5.75 Å². The van der Waals surface area contributed by atoms with E-state index in [1.54, 1.807) is 7.11 Å². The number of rotatable bonds is 3. The number of hydrogen-bond acceptors (Lipinski definition) is 3. The highest BCUT2D eigenvalue weighted by Gasteiger charge is 2.20. The Kier molecular flexibility index (Phi) is 6.02. The monoisotopic (exact) mass is 332 g/mol. The highest BCUT2D eigenvalue weighted by molar-refractivity contribution is 5.95. The largest absolute Gasteiger partial charge is 0.497 e. The lowest BCUT2D eigenvalue weighted by molar-refractivity contribution is -0.118. The maximum absolute atomic E-state index is 12.7. The lowest BCUT2D eigenvalue weighted by atomic mass is 10.1. The van der Waals surface area contributed by atoms with Crippen LogP contribution in [0.2, 0.25) is 0 Å². The van der Waals surface area contributed by atoms with E-state index in [-0.39, 0.29) is 18.3 Å². The van der Waals surface area contributed by atoms with Gasteiger partial charge in [0.25, 0.3) is 0 Å². The minimum absolute atomic E-state index is 0. The fourth-order valence-corrected chi connectivity index (χ4v) is 2.77. The maximum Gasteiger partial charge on any atom is 0.231 e. The first-order chi connectivity index (χ1) is 10.8. The summed E-state index contributed by atoms with van der Waals surface area (Å²) in [4.78, 5) is 14.6. The number of anilines is 1. The number of para-hydroxylation sites is 1. The first kappa shape index (κ1) is 17.3. The van der Waals surface area contributed by atoms with Gasteiger partial charge in [0, 0.05) is 25.3 Å². The molecule has 0 fully saturated rings. The molecule has 0 spiro atoms. The first-order valence-electron chi connectivity index (χ1n) is 7.50. The van der Waals surface area contributed by atoms with Crippen molar-refractivity contribution in [3.63, 3.8) is 0 Å². The van der Waals surface area contributed by atoms with Gasteiger partial charge in [0.15, 0.2) is 0 Å². The third-order valence-electron chi connectivity index (χ3n) is 3.90. The topological polar surface area (TPSA) is 41.6 Å². The molecule has 1 aliphatic heterocycles. The molecule has 2 aromatic carbocycles. The summed E-state index contributed by atoms with van der Waals surface area (Å²) in [5.74, 6) is 0.896. The van der Waals surface area contributed by atoms with E-state index in [0.29, 0.717) is 13.0 Å². The molecule has 1 heterocycles. The molecular formula is C18H21ClN2O2. The van der Waals surface area contributed by atoms with Crippen molar-refractivity contribution in [2.75, 3.05) is 25.1 Å². The van der Waals surface area contributed by atoms with Crippen LogP contribution in [0.3, 0.4) is 0 Å². The molecule has 1 N–H and O–H groups in total. The molecule has 122 valence electrons. The molecule has 3 rings (SSSR count). The van der Waals surface area contributed by atoms with E-state index in [0.717, 1.165) is 30.1 Å². The van der Waals surface area contributed by atoms with Crippen LogP contribution < -0.4 is 15.0 Å². The van der Waals surface area contributed by atoms with Gasteiger partial charge in [-0.25, -0.2) is 0 Å². The Morgan fingerprint density at radius 1 is 1.22 bits per heavy atom. The molecule has 1 aliphatic rings. The average molecular weight is 333 g/mol. The number of fused-ring (bicyclic) bond motifs is 1. The van der Waals surface area contributed by atoms with Crippen molar-refractivity contribution < 1.29 is 9.53 Å². The zero-order chi connectivity index (χ0) is 15.4. The van der Waals surface area contributed by atoms with E-state index < -0.39 is 0 Å². The maximum atomic E-state index is 12.7. The van der Waals surface area contributed by atoms with Crippen LogP contribution in [0.5, 0.6) is 5.75 Å². The second-order valence-electron chi connectivity index (χ2n) is 5.38. The molecule has 5 heteroatoms. The van der Waals surface area contributed by atoms with Gasteiger partial charge in [-0.2, -0.15) is 0 Å². The zero-order valence-corrected chi connectivity index (χ0v) is 13.9. The van der Waals surface area contributed by atoms with Crippen molar-refractivity contribution in [1.82, 2.24) is 5.32 Å². The molecule has 0 aliphatic carbocycles. The predicted octanol–water partition coefficient (Wildman–Crippen LogP) is 2.80. The van der Waals surface area contributed by atoms with Crippen LogP contribution in [0, 0.1) is 0 Å². The van der Waals surface area contributed by atoms with Gasteiger partial charge in [-0.3, -0.25) is 4.79 Å². The summed E-state index contributed by atoms with van der Waals surface area (Å²) in [5.41, 5.74) is 3.15. The van der Waals surface area contributed by atoms with Crippen LogP contribution in [0.25, 0.3) is 0 Å². The molecule has 0 radical (unpaired) electrons. The quantitative estimate of drug-likeness (QED) is 0.939. The van der Waals surface area contributed by atoms with E-state index in [1.165, 1.54) is 5.56 Å². The smallest absolute Gasteiger partial charge is 0.231 e. The number of halogens is 1. The molecule has 2 aromatic rings. The van der Waals surface area contributed by atoms with Crippen molar-refractivity contribution in [2.24, 2.45) is 0 Å². The van der Waals surface area contributed by atoms with Gasteiger partial charge in [0.1, 0.15) is 5.75 Å². The highest BCUT2D eigenvalue weighted by Crippen LogP contribution is 2.23. The van der Waals surface area contributed by atoms with Crippen LogP contribution in [0.4, 0.5) is 5.69 Å².